The van der Waals surface area contributed by atoms with Gasteiger partial charge in [0, 0.05) is 18.3 Å². The quantitative estimate of drug-likeness (QED) is 0.278. The highest BCUT2D eigenvalue weighted by molar-refractivity contribution is 6.08. The number of aromatic nitrogens is 1. The van der Waals surface area contributed by atoms with E-state index in [0.717, 1.165) is 5.56 Å². The summed E-state index contributed by atoms with van der Waals surface area (Å²) in [6, 6.07) is 10.3. The molecule has 10 heteroatoms. The third-order valence-electron chi connectivity index (χ3n) is 5.49. The Morgan fingerprint density at radius 1 is 1.06 bits per heavy atom. The van der Waals surface area contributed by atoms with Crippen LogP contribution < -0.4 is 0 Å². The van der Waals surface area contributed by atoms with Crippen LogP contribution >= 0.6 is 0 Å². The maximum absolute atomic E-state index is 12.8. The van der Waals surface area contributed by atoms with Gasteiger partial charge in [0.05, 0.1) is 12.1 Å². The van der Waals surface area contributed by atoms with Gasteiger partial charge in [-0.1, -0.05) is 42.5 Å². The predicted octanol–water partition coefficient (Wildman–Crippen LogP) is 0.187. The van der Waals surface area contributed by atoms with Crippen molar-refractivity contribution in [3.63, 3.8) is 0 Å². The lowest BCUT2D eigenvalue weighted by Gasteiger charge is -2.38. The molecule has 3 rings (SSSR count). The largest absolute Gasteiger partial charge is 0.459 e. The summed E-state index contributed by atoms with van der Waals surface area (Å²) in [5, 5.41) is 30.2. The van der Waals surface area contributed by atoms with E-state index in [1.165, 1.54) is 6.08 Å². The van der Waals surface area contributed by atoms with Gasteiger partial charge in [0.25, 0.3) is 0 Å². The van der Waals surface area contributed by atoms with Gasteiger partial charge in [-0.25, -0.2) is 4.79 Å². The Morgan fingerprint density at radius 2 is 1.74 bits per heavy atom. The molecular weight excluding hydrogens is 446 g/mol. The van der Waals surface area contributed by atoms with Crippen molar-refractivity contribution in [1.29, 1.82) is 0 Å². The molecule has 0 aliphatic carbocycles. The minimum Gasteiger partial charge on any atom is -0.459 e. The number of aliphatic hydroxyl groups excluding tert-OH is 3. The number of hydrogen-bond acceptors (Lipinski definition) is 9. The molecule has 2 unspecified atom stereocenters. The van der Waals surface area contributed by atoms with Crippen molar-refractivity contribution in [3.8, 4) is 0 Å². The third kappa shape index (κ3) is 5.42. The number of ketones is 1. The fourth-order valence-corrected chi connectivity index (χ4v) is 3.49. The zero-order chi connectivity index (χ0) is 25.0. The average molecular weight is 473 g/mol. The molecule has 34 heavy (non-hydrogen) atoms. The average Bonchev–Trinajstić information content (AvgIpc) is 3.17. The summed E-state index contributed by atoms with van der Waals surface area (Å²) < 4.78 is 16.7. The highest BCUT2D eigenvalue weighted by atomic mass is 16.7. The molecule has 1 aromatic heterocycles. The van der Waals surface area contributed by atoms with Crippen molar-refractivity contribution in [1.82, 2.24) is 4.57 Å². The number of benzene rings is 1. The summed E-state index contributed by atoms with van der Waals surface area (Å²) in [7, 11) is 1.63. The number of ether oxygens (including phenoxy) is 3. The molecule has 5 atom stereocenters. The van der Waals surface area contributed by atoms with Gasteiger partial charge in [0.15, 0.2) is 6.10 Å². The molecule has 1 aliphatic rings. The summed E-state index contributed by atoms with van der Waals surface area (Å²) in [4.78, 5) is 37.4. The zero-order valence-electron chi connectivity index (χ0n) is 18.8. The first-order chi connectivity index (χ1) is 16.1. The van der Waals surface area contributed by atoms with Crippen LogP contribution in [0.4, 0.5) is 0 Å². The van der Waals surface area contributed by atoms with Gasteiger partial charge in [0.1, 0.15) is 24.9 Å². The standard InChI is InChI=1S/C24H27NO9/c1-4-11-32-23(31)22-20(29)19(28)21(30)24(34-22)33-17(26)12-15-9-10-16(25(15)3)18(27)14-7-5-13(2)6-8-14/h4-10,19-22,24,28-30H,1,11-12H2,2-3H3/t19?,20-,21-,22?,24+/m0/s1. The van der Waals surface area contributed by atoms with Crippen LogP contribution in [0.2, 0.25) is 0 Å². The van der Waals surface area contributed by atoms with Gasteiger partial charge >= 0.3 is 11.9 Å². The lowest BCUT2D eigenvalue weighted by Crippen LogP contribution is -2.61. The maximum atomic E-state index is 12.8. The molecule has 1 saturated heterocycles. The second-order valence-corrected chi connectivity index (χ2v) is 7.95. The molecule has 2 aromatic rings. The second kappa shape index (κ2) is 10.7. The monoisotopic (exact) mass is 473 g/mol. The topological polar surface area (TPSA) is 145 Å². The lowest BCUT2D eigenvalue weighted by molar-refractivity contribution is -0.287. The number of hydrogen-bond donors (Lipinski definition) is 3. The van der Waals surface area contributed by atoms with Crippen molar-refractivity contribution in [3.05, 3.63) is 71.6 Å². The van der Waals surface area contributed by atoms with Crippen LogP contribution in [0.1, 0.15) is 27.3 Å². The van der Waals surface area contributed by atoms with E-state index in [0.29, 0.717) is 17.0 Å². The molecule has 1 aromatic carbocycles. The van der Waals surface area contributed by atoms with Crippen LogP contribution in [0.15, 0.2) is 49.1 Å². The molecule has 182 valence electrons. The van der Waals surface area contributed by atoms with Crippen LogP contribution in [0, 0.1) is 6.92 Å². The van der Waals surface area contributed by atoms with Crippen LogP contribution in [-0.4, -0.2) is 74.9 Å². The summed E-state index contributed by atoms with van der Waals surface area (Å²) in [5.74, 6) is -2.08. The fraction of sp³-hybridized carbons (Fsp3) is 0.375. The molecule has 0 amide bonds. The molecule has 0 saturated carbocycles. The van der Waals surface area contributed by atoms with E-state index in [1.54, 1.807) is 35.9 Å². The highest BCUT2D eigenvalue weighted by Crippen LogP contribution is 2.24. The van der Waals surface area contributed by atoms with E-state index in [9.17, 15) is 29.7 Å². The zero-order valence-corrected chi connectivity index (χ0v) is 18.8. The summed E-state index contributed by atoms with van der Waals surface area (Å²) in [6.45, 7) is 5.15. The van der Waals surface area contributed by atoms with Crippen molar-refractivity contribution in [2.45, 2.75) is 44.1 Å². The van der Waals surface area contributed by atoms with Crippen molar-refractivity contribution in [2.24, 2.45) is 7.05 Å². The molecule has 0 spiro atoms. The molecule has 1 aliphatic heterocycles. The number of rotatable bonds is 8. The van der Waals surface area contributed by atoms with E-state index in [1.807, 2.05) is 19.1 Å². The molecule has 2 heterocycles. The van der Waals surface area contributed by atoms with Crippen molar-refractivity contribution in [2.75, 3.05) is 6.61 Å². The molecular formula is C24H27NO9. The van der Waals surface area contributed by atoms with Crippen LogP contribution in [-0.2, 0) is 37.3 Å². The predicted molar refractivity (Wildman–Crippen MR) is 118 cm³/mol. The number of aryl methyl sites for hydroxylation is 1. The first-order valence-electron chi connectivity index (χ1n) is 10.6. The van der Waals surface area contributed by atoms with E-state index >= 15 is 0 Å². The van der Waals surface area contributed by atoms with Gasteiger partial charge in [-0.3, -0.25) is 9.59 Å². The number of carbonyl (C=O) groups is 3. The van der Waals surface area contributed by atoms with Crippen LogP contribution in [0.3, 0.4) is 0 Å². The molecule has 0 bridgehead atoms. The fourth-order valence-electron chi connectivity index (χ4n) is 3.49. The lowest BCUT2D eigenvalue weighted by atomic mass is 9.99. The van der Waals surface area contributed by atoms with E-state index < -0.39 is 42.6 Å². The van der Waals surface area contributed by atoms with Gasteiger partial charge in [0.2, 0.25) is 12.1 Å². The highest BCUT2D eigenvalue weighted by Gasteiger charge is 2.49. The first-order valence-corrected chi connectivity index (χ1v) is 10.6. The SMILES string of the molecule is C=CCOC(=O)C1O[C@@H](OC(=O)Cc2ccc(C(=O)c3ccc(C)cc3)n2C)[C@@H](O)C(O)[C@@H]1O. The van der Waals surface area contributed by atoms with Crippen LogP contribution in [0.5, 0.6) is 0 Å². The van der Waals surface area contributed by atoms with Crippen LogP contribution in [0.25, 0.3) is 0 Å². The third-order valence-corrected chi connectivity index (χ3v) is 5.49. The molecule has 0 radical (unpaired) electrons. The second-order valence-electron chi connectivity index (χ2n) is 7.95. The smallest absolute Gasteiger partial charge is 0.338 e. The summed E-state index contributed by atoms with van der Waals surface area (Å²) >= 11 is 0. The van der Waals surface area contributed by atoms with Crippen molar-refractivity contribution < 1.29 is 43.9 Å². The maximum Gasteiger partial charge on any atom is 0.338 e. The minimum atomic E-state index is -1.82. The van der Waals surface area contributed by atoms with Gasteiger partial charge < -0.3 is 34.1 Å². The van der Waals surface area contributed by atoms with E-state index in [2.05, 4.69) is 6.58 Å². The Labute approximate surface area is 196 Å². The Kier molecular flexibility index (Phi) is 8.00. The van der Waals surface area contributed by atoms with Gasteiger partial charge in [-0.15, -0.1) is 0 Å². The Morgan fingerprint density at radius 3 is 2.38 bits per heavy atom. The van der Waals surface area contributed by atoms with Gasteiger partial charge in [-0.05, 0) is 19.1 Å². The van der Waals surface area contributed by atoms with E-state index in [4.69, 9.17) is 14.2 Å². The van der Waals surface area contributed by atoms with Crippen molar-refractivity contribution >= 4 is 17.7 Å². The normalized spacial score (nSPS) is 24.3. The molecule has 3 N–H and O–H groups in total. The van der Waals surface area contributed by atoms with Gasteiger partial charge in [-0.2, -0.15) is 0 Å². The number of esters is 2. The Balaban J connectivity index is 1.67. The minimum absolute atomic E-state index is 0.161. The van der Waals surface area contributed by atoms with E-state index in [-0.39, 0.29) is 18.8 Å². The summed E-state index contributed by atoms with van der Waals surface area (Å²) in [5.41, 5.74) is 2.34. The number of aliphatic hydroxyl groups is 3. The number of carbonyl (C=O) groups excluding carboxylic acids is 3. The Hall–Kier alpha value is -3.31. The number of nitrogens with zero attached hydrogens (tertiary/aromatic N) is 1. The molecule has 1 fully saturated rings. The summed E-state index contributed by atoms with van der Waals surface area (Å²) in [6.07, 6.45) is -7.78. The molecule has 10 nitrogen and oxygen atoms in total. The Bertz CT molecular complexity index is 1060. The first kappa shape index (κ1) is 25.3.